The van der Waals surface area contributed by atoms with Gasteiger partial charge in [-0.05, 0) is 12.3 Å². The summed E-state index contributed by atoms with van der Waals surface area (Å²) in [5.41, 5.74) is 0. The van der Waals surface area contributed by atoms with Gasteiger partial charge in [0.15, 0.2) is 0 Å². The van der Waals surface area contributed by atoms with E-state index < -0.39 is 6.10 Å². The van der Waals surface area contributed by atoms with Crippen LogP contribution in [0, 0.1) is 5.92 Å². The topological polar surface area (TPSA) is 33.1 Å². The molecule has 0 saturated carbocycles. The molecule has 0 amide bonds. The van der Waals surface area contributed by atoms with Crippen LogP contribution in [0.5, 0.6) is 0 Å². The zero-order valence-corrected chi connectivity index (χ0v) is 11.5. The van der Waals surface area contributed by atoms with Crippen LogP contribution in [0.25, 0.3) is 0 Å². The summed E-state index contributed by atoms with van der Waals surface area (Å²) in [6.45, 7) is 4.38. The highest BCUT2D eigenvalue weighted by Gasteiger charge is 2.17. The van der Waals surface area contributed by atoms with Crippen molar-refractivity contribution in [2.45, 2.75) is 52.1 Å². The molecule has 2 atom stereocenters. The van der Waals surface area contributed by atoms with Crippen LogP contribution in [0.2, 0.25) is 4.34 Å². The summed E-state index contributed by atoms with van der Waals surface area (Å²) in [5, 5.41) is 10.8. The van der Waals surface area contributed by atoms with Gasteiger partial charge < -0.3 is 5.11 Å². The van der Waals surface area contributed by atoms with E-state index in [0.29, 0.717) is 10.3 Å². The third kappa shape index (κ3) is 4.40. The van der Waals surface area contributed by atoms with Crippen LogP contribution >= 0.6 is 22.9 Å². The summed E-state index contributed by atoms with van der Waals surface area (Å²) in [7, 11) is 0. The standard InChI is InChI=1S/C12H20ClNOS/c1-3-5-6-9(4-2)7-10(15)12-14-8-11(13)16-12/h8-10,15H,3-7H2,1-2H3. The highest BCUT2D eigenvalue weighted by Crippen LogP contribution is 2.30. The maximum Gasteiger partial charge on any atom is 0.123 e. The number of rotatable bonds is 7. The smallest absolute Gasteiger partial charge is 0.123 e. The van der Waals surface area contributed by atoms with Gasteiger partial charge in [-0.25, -0.2) is 4.98 Å². The van der Waals surface area contributed by atoms with E-state index in [1.54, 1.807) is 6.20 Å². The molecule has 0 bridgehead atoms. The van der Waals surface area contributed by atoms with Crippen molar-refractivity contribution >= 4 is 22.9 Å². The number of aliphatic hydroxyl groups excluding tert-OH is 1. The van der Waals surface area contributed by atoms with Crippen LogP contribution in [0.1, 0.15) is 57.1 Å². The largest absolute Gasteiger partial charge is 0.386 e. The Hall–Kier alpha value is -0.120. The predicted molar refractivity (Wildman–Crippen MR) is 70.0 cm³/mol. The minimum absolute atomic E-state index is 0.445. The van der Waals surface area contributed by atoms with Crippen molar-refractivity contribution in [3.05, 3.63) is 15.5 Å². The molecule has 1 N–H and O–H groups in total. The second kappa shape index (κ2) is 7.25. The van der Waals surface area contributed by atoms with E-state index in [-0.39, 0.29) is 0 Å². The zero-order chi connectivity index (χ0) is 12.0. The lowest BCUT2D eigenvalue weighted by atomic mass is 9.93. The molecule has 0 fully saturated rings. The van der Waals surface area contributed by atoms with Crippen LogP contribution in [-0.2, 0) is 0 Å². The van der Waals surface area contributed by atoms with Crippen molar-refractivity contribution < 1.29 is 5.11 Å². The fraction of sp³-hybridized carbons (Fsp3) is 0.750. The highest BCUT2D eigenvalue weighted by molar-refractivity contribution is 7.15. The number of aromatic nitrogens is 1. The molecule has 0 aliphatic heterocycles. The van der Waals surface area contributed by atoms with E-state index in [1.807, 2.05) is 0 Å². The Morgan fingerprint density at radius 2 is 2.25 bits per heavy atom. The number of nitrogens with zero attached hydrogens (tertiary/aromatic N) is 1. The third-order valence-electron chi connectivity index (χ3n) is 2.88. The monoisotopic (exact) mass is 261 g/mol. The fourth-order valence-corrected chi connectivity index (χ4v) is 2.75. The molecule has 0 saturated heterocycles. The Balaban J connectivity index is 2.45. The lowest BCUT2D eigenvalue weighted by Crippen LogP contribution is -2.06. The van der Waals surface area contributed by atoms with E-state index >= 15 is 0 Å². The molecule has 2 nitrogen and oxygen atoms in total. The first-order chi connectivity index (χ1) is 7.67. The normalized spacial score (nSPS) is 15.0. The highest BCUT2D eigenvalue weighted by atomic mass is 35.5. The van der Waals surface area contributed by atoms with Crippen molar-refractivity contribution in [1.29, 1.82) is 0 Å². The molecule has 0 radical (unpaired) electrons. The fourth-order valence-electron chi connectivity index (χ4n) is 1.82. The number of thiazole rings is 1. The van der Waals surface area contributed by atoms with Crippen LogP contribution in [0.15, 0.2) is 6.20 Å². The summed E-state index contributed by atoms with van der Waals surface area (Å²) in [4.78, 5) is 4.12. The quantitative estimate of drug-likeness (QED) is 0.787. The summed E-state index contributed by atoms with van der Waals surface area (Å²) >= 11 is 7.18. The van der Waals surface area contributed by atoms with E-state index in [2.05, 4.69) is 18.8 Å². The number of halogens is 1. The number of aliphatic hydroxyl groups is 1. The van der Waals surface area contributed by atoms with E-state index in [4.69, 9.17) is 11.6 Å². The van der Waals surface area contributed by atoms with Crippen LogP contribution in [0.4, 0.5) is 0 Å². The van der Waals surface area contributed by atoms with Gasteiger partial charge >= 0.3 is 0 Å². The van der Waals surface area contributed by atoms with Gasteiger partial charge in [0.2, 0.25) is 0 Å². The van der Waals surface area contributed by atoms with Gasteiger partial charge in [0, 0.05) is 0 Å². The summed E-state index contributed by atoms with van der Waals surface area (Å²) < 4.78 is 0.649. The second-order valence-electron chi connectivity index (χ2n) is 4.17. The minimum Gasteiger partial charge on any atom is -0.386 e. The first kappa shape index (κ1) is 13.9. The average Bonchev–Trinajstić information content (AvgIpc) is 2.70. The van der Waals surface area contributed by atoms with Crippen molar-refractivity contribution in [1.82, 2.24) is 4.98 Å². The maximum absolute atomic E-state index is 10.0. The molecule has 1 heterocycles. The molecular weight excluding hydrogens is 242 g/mol. The predicted octanol–water partition coefficient (Wildman–Crippen LogP) is 4.44. The van der Waals surface area contributed by atoms with E-state index in [9.17, 15) is 5.11 Å². The van der Waals surface area contributed by atoms with Gasteiger partial charge in [0.1, 0.15) is 15.4 Å². The van der Waals surface area contributed by atoms with Gasteiger partial charge in [-0.1, -0.05) is 51.1 Å². The zero-order valence-electron chi connectivity index (χ0n) is 9.95. The van der Waals surface area contributed by atoms with E-state index in [1.165, 1.54) is 30.6 Å². The molecule has 0 aromatic carbocycles. The Morgan fingerprint density at radius 1 is 1.50 bits per heavy atom. The lowest BCUT2D eigenvalue weighted by Gasteiger charge is -2.17. The van der Waals surface area contributed by atoms with Gasteiger partial charge in [0.25, 0.3) is 0 Å². The molecule has 16 heavy (non-hydrogen) atoms. The lowest BCUT2D eigenvalue weighted by molar-refractivity contribution is 0.138. The van der Waals surface area contributed by atoms with Gasteiger partial charge in [0.05, 0.1) is 6.20 Å². The number of hydrogen-bond donors (Lipinski definition) is 1. The SMILES string of the molecule is CCCCC(CC)CC(O)c1ncc(Cl)s1. The summed E-state index contributed by atoms with van der Waals surface area (Å²) in [6.07, 6.45) is 6.75. The molecule has 92 valence electrons. The number of hydrogen-bond acceptors (Lipinski definition) is 3. The Morgan fingerprint density at radius 3 is 2.75 bits per heavy atom. The van der Waals surface area contributed by atoms with Crippen molar-refractivity contribution in [3.63, 3.8) is 0 Å². The molecule has 2 unspecified atom stereocenters. The Kier molecular flexibility index (Phi) is 6.32. The molecule has 0 aliphatic carbocycles. The minimum atomic E-state index is -0.445. The molecule has 1 aromatic rings. The average molecular weight is 262 g/mol. The third-order valence-corrected chi connectivity index (χ3v) is 4.10. The van der Waals surface area contributed by atoms with Crippen molar-refractivity contribution in [2.75, 3.05) is 0 Å². The van der Waals surface area contributed by atoms with Gasteiger partial charge in [-0.2, -0.15) is 0 Å². The summed E-state index contributed by atoms with van der Waals surface area (Å²) in [6, 6.07) is 0. The first-order valence-corrected chi connectivity index (χ1v) is 7.16. The maximum atomic E-state index is 10.0. The summed E-state index contributed by atoms with van der Waals surface area (Å²) in [5.74, 6) is 0.595. The Bertz CT molecular complexity index is 303. The number of unbranched alkanes of at least 4 members (excludes halogenated alkanes) is 1. The molecule has 1 aromatic heterocycles. The molecule has 4 heteroatoms. The molecular formula is C12H20ClNOS. The van der Waals surface area contributed by atoms with Gasteiger partial charge in [-0.15, -0.1) is 11.3 Å². The Labute approximate surface area is 107 Å². The van der Waals surface area contributed by atoms with Crippen LogP contribution < -0.4 is 0 Å². The molecule has 0 spiro atoms. The van der Waals surface area contributed by atoms with Crippen molar-refractivity contribution in [3.8, 4) is 0 Å². The van der Waals surface area contributed by atoms with Crippen LogP contribution in [-0.4, -0.2) is 10.1 Å². The first-order valence-electron chi connectivity index (χ1n) is 5.96. The molecule has 0 aliphatic rings. The van der Waals surface area contributed by atoms with E-state index in [0.717, 1.165) is 17.8 Å². The molecule has 1 rings (SSSR count). The van der Waals surface area contributed by atoms with Crippen molar-refractivity contribution in [2.24, 2.45) is 5.92 Å². The second-order valence-corrected chi connectivity index (χ2v) is 5.86. The van der Waals surface area contributed by atoms with Crippen LogP contribution in [0.3, 0.4) is 0 Å². The van der Waals surface area contributed by atoms with Gasteiger partial charge in [-0.3, -0.25) is 0 Å².